The molecule has 7 heteroatoms. The van der Waals surface area contributed by atoms with Gasteiger partial charge in [-0.15, -0.1) is 0 Å². The second-order valence-corrected chi connectivity index (χ2v) is 8.59. The highest BCUT2D eigenvalue weighted by Crippen LogP contribution is 2.23. The number of nitrogens with zero attached hydrogens (tertiary/aromatic N) is 2. The van der Waals surface area contributed by atoms with Gasteiger partial charge in [-0.2, -0.15) is 5.26 Å². The van der Waals surface area contributed by atoms with Crippen LogP contribution < -0.4 is 4.74 Å². The first kappa shape index (κ1) is 18.6. The van der Waals surface area contributed by atoms with Gasteiger partial charge < -0.3 is 9.64 Å². The second-order valence-electron chi connectivity index (χ2n) is 5.95. The molecule has 134 valence electrons. The highest BCUT2D eigenvalue weighted by atomic mass is 79.9. The zero-order valence-electron chi connectivity index (χ0n) is 13.9. The SMILES string of the molecule is N#Cc1cccc(OC(=O)N2CCC(S(=O)c3ccc(Br)cc3)CC2)c1. The van der Waals surface area contributed by atoms with Crippen molar-refractivity contribution in [2.75, 3.05) is 13.1 Å². The topological polar surface area (TPSA) is 70.4 Å². The molecule has 0 spiro atoms. The fraction of sp³-hybridized carbons (Fsp3) is 0.263. The van der Waals surface area contributed by atoms with E-state index in [2.05, 4.69) is 15.9 Å². The number of likely N-dealkylation sites (tertiary alicyclic amines) is 1. The van der Waals surface area contributed by atoms with E-state index in [0.29, 0.717) is 37.2 Å². The molecule has 1 amide bonds. The maximum atomic E-state index is 12.7. The van der Waals surface area contributed by atoms with E-state index in [0.717, 1.165) is 9.37 Å². The number of amides is 1. The van der Waals surface area contributed by atoms with Gasteiger partial charge in [0.2, 0.25) is 0 Å². The molecule has 0 aliphatic carbocycles. The van der Waals surface area contributed by atoms with Gasteiger partial charge >= 0.3 is 6.09 Å². The van der Waals surface area contributed by atoms with E-state index in [1.54, 1.807) is 23.1 Å². The minimum absolute atomic E-state index is 0.0298. The van der Waals surface area contributed by atoms with Crippen molar-refractivity contribution in [2.24, 2.45) is 0 Å². The third-order valence-electron chi connectivity index (χ3n) is 4.22. The van der Waals surface area contributed by atoms with Crippen molar-refractivity contribution < 1.29 is 13.7 Å². The van der Waals surface area contributed by atoms with Gasteiger partial charge in [-0.05, 0) is 55.3 Å². The normalized spacial score (nSPS) is 15.9. The first-order valence-electron chi connectivity index (χ1n) is 8.20. The Labute approximate surface area is 163 Å². The highest BCUT2D eigenvalue weighted by Gasteiger charge is 2.28. The fourth-order valence-electron chi connectivity index (χ4n) is 2.81. The Hall–Kier alpha value is -2.17. The smallest absolute Gasteiger partial charge is 0.410 e. The Kier molecular flexibility index (Phi) is 6.07. The van der Waals surface area contributed by atoms with Gasteiger partial charge in [0.1, 0.15) is 5.75 Å². The zero-order valence-corrected chi connectivity index (χ0v) is 16.3. The Morgan fingerprint density at radius 3 is 2.54 bits per heavy atom. The molecule has 5 nitrogen and oxygen atoms in total. The molecule has 0 saturated carbocycles. The summed E-state index contributed by atoms with van der Waals surface area (Å²) >= 11 is 3.38. The number of carbonyl (C=O) groups is 1. The molecule has 1 aliphatic heterocycles. The number of nitriles is 1. The Balaban J connectivity index is 1.56. The summed E-state index contributed by atoms with van der Waals surface area (Å²) in [6.45, 7) is 1.01. The lowest BCUT2D eigenvalue weighted by atomic mass is 10.1. The Morgan fingerprint density at radius 1 is 1.19 bits per heavy atom. The third kappa shape index (κ3) is 4.51. The number of ether oxygens (including phenoxy) is 1. The van der Waals surface area contributed by atoms with Crippen molar-refractivity contribution in [2.45, 2.75) is 23.0 Å². The number of hydrogen-bond donors (Lipinski definition) is 0. The largest absolute Gasteiger partial charge is 0.415 e. The van der Waals surface area contributed by atoms with E-state index in [-0.39, 0.29) is 5.25 Å². The molecule has 0 bridgehead atoms. The monoisotopic (exact) mass is 432 g/mol. The average Bonchev–Trinajstić information content (AvgIpc) is 2.68. The van der Waals surface area contributed by atoms with Crippen LogP contribution in [0.1, 0.15) is 18.4 Å². The van der Waals surface area contributed by atoms with Gasteiger partial charge in [-0.25, -0.2) is 4.79 Å². The Bertz CT molecular complexity index is 856. The van der Waals surface area contributed by atoms with Gasteiger partial charge in [0.25, 0.3) is 0 Å². The molecule has 1 heterocycles. The van der Waals surface area contributed by atoms with Crippen molar-refractivity contribution in [3.05, 3.63) is 58.6 Å². The lowest BCUT2D eigenvalue weighted by Gasteiger charge is -2.30. The van der Waals surface area contributed by atoms with Crippen molar-refractivity contribution in [1.29, 1.82) is 5.26 Å². The van der Waals surface area contributed by atoms with Crippen LogP contribution in [0.15, 0.2) is 57.9 Å². The Morgan fingerprint density at radius 2 is 1.88 bits per heavy atom. The summed E-state index contributed by atoms with van der Waals surface area (Å²) in [6, 6.07) is 16.0. The summed E-state index contributed by atoms with van der Waals surface area (Å²) in [5, 5.41) is 8.93. The van der Waals surface area contributed by atoms with E-state index < -0.39 is 16.9 Å². The average molecular weight is 433 g/mol. The number of benzene rings is 2. The van der Waals surface area contributed by atoms with Crippen LogP contribution in [-0.4, -0.2) is 33.5 Å². The number of carbonyl (C=O) groups excluding carboxylic acids is 1. The molecule has 0 aromatic heterocycles. The fourth-order valence-corrected chi connectivity index (χ4v) is 4.50. The first-order valence-corrected chi connectivity index (χ1v) is 10.2. The quantitative estimate of drug-likeness (QED) is 0.731. The van der Waals surface area contributed by atoms with Gasteiger partial charge in [-0.1, -0.05) is 22.0 Å². The number of rotatable bonds is 3. The maximum absolute atomic E-state index is 12.7. The standard InChI is InChI=1S/C19H17BrN2O3S/c20-15-4-6-17(7-5-15)26(24)18-8-10-22(11-9-18)19(23)25-16-3-1-2-14(12-16)13-21/h1-7,12,18H,8-11H2. The molecular formula is C19H17BrN2O3S. The lowest BCUT2D eigenvalue weighted by Crippen LogP contribution is -2.42. The van der Waals surface area contributed by atoms with Crippen molar-refractivity contribution in [1.82, 2.24) is 4.90 Å². The van der Waals surface area contributed by atoms with Crippen LogP contribution in [0.2, 0.25) is 0 Å². The van der Waals surface area contributed by atoms with Gasteiger partial charge in [0.15, 0.2) is 0 Å². The van der Waals surface area contributed by atoms with Crippen LogP contribution in [0, 0.1) is 11.3 Å². The number of halogens is 1. The number of hydrogen-bond acceptors (Lipinski definition) is 4. The molecule has 0 radical (unpaired) electrons. The molecule has 1 unspecified atom stereocenters. The van der Waals surface area contributed by atoms with E-state index in [9.17, 15) is 9.00 Å². The molecule has 2 aromatic rings. The van der Waals surface area contributed by atoms with Crippen LogP contribution in [0.4, 0.5) is 4.79 Å². The predicted molar refractivity (Wildman–Crippen MR) is 102 cm³/mol. The molecule has 3 rings (SSSR count). The van der Waals surface area contributed by atoms with Gasteiger partial charge in [0.05, 0.1) is 22.4 Å². The molecule has 1 atom stereocenters. The summed E-state index contributed by atoms with van der Waals surface area (Å²) in [6.07, 6.45) is 0.888. The molecular weight excluding hydrogens is 416 g/mol. The van der Waals surface area contributed by atoms with Crippen LogP contribution in [0.25, 0.3) is 0 Å². The molecule has 1 aliphatic rings. The molecule has 1 saturated heterocycles. The minimum Gasteiger partial charge on any atom is -0.410 e. The van der Waals surface area contributed by atoms with Crippen molar-refractivity contribution in [3.63, 3.8) is 0 Å². The summed E-state index contributed by atoms with van der Waals surface area (Å²) in [7, 11) is -1.08. The summed E-state index contributed by atoms with van der Waals surface area (Å²) in [5.74, 6) is 0.356. The summed E-state index contributed by atoms with van der Waals surface area (Å²) in [5.41, 5.74) is 0.443. The van der Waals surface area contributed by atoms with E-state index in [1.807, 2.05) is 30.3 Å². The lowest BCUT2D eigenvalue weighted by molar-refractivity contribution is 0.143. The molecule has 0 N–H and O–H groups in total. The van der Waals surface area contributed by atoms with Crippen LogP contribution in [-0.2, 0) is 10.8 Å². The maximum Gasteiger partial charge on any atom is 0.415 e. The molecule has 1 fully saturated rings. The van der Waals surface area contributed by atoms with Crippen LogP contribution in [0.5, 0.6) is 5.75 Å². The first-order chi connectivity index (χ1) is 12.6. The van der Waals surface area contributed by atoms with Crippen LogP contribution >= 0.6 is 15.9 Å². The third-order valence-corrected chi connectivity index (χ3v) is 6.56. The van der Waals surface area contributed by atoms with E-state index in [1.165, 1.54) is 6.07 Å². The second kappa shape index (κ2) is 8.47. The zero-order chi connectivity index (χ0) is 18.5. The van der Waals surface area contributed by atoms with E-state index in [4.69, 9.17) is 10.00 Å². The van der Waals surface area contributed by atoms with Crippen molar-refractivity contribution in [3.8, 4) is 11.8 Å². The summed E-state index contributed by atoms with van der Waals surface area (Å²) in [4.78, 5) is 14.7. The van der Waals surface area contributed by atoms with Gasteiger partial charge in [0, 0.05) is 27.7 Å². The van der Waals surface area contributed by atoms with Crippen LogP contribution in [0.3, 0.4) is 0 Å². The highest BCUT2D eigenvalue weighted by molar-refractivity contribution is 9.10. The van der Waals surface area contributed by atoms with Gasteiger partial charge in [-0.3, -0.25) is 4.21 Å². The number of piperidine rings is 1. The predicted octanol–water partition coefficient (Wildman–Crippen LogP) is 4.09. The summed E-state index contributed by atoms with van der Waals surface area (Å²) < 4.78 is 19.0. The minimum atomic E-state index is -1.08. The van der Waals surface area contributed by atoms with E-state index >= 15 is 0 Å². The molecule has 26 heavy (non-hydrogen) atoms. The molecule has 2 aromatic carbocycles. The van der Waals surface area contributed by atoms with Crippen molar-refractivity contribution >= 4 is 32.8 Å².